The third-order valence-corrected chi connectivity index (χ3v) is 4.38. The van der Waals surface area contributed by atoms with E-state index in [0.29, 0.717) is 19.6 Å². The maximum atomic E-state index is 11.3. The van der Waals surface area contributed by atoms with Gasteiger partial charge in [-0.15, -0.1) is 10.2 Å². The molecule has 1 heterocycles. The number of nitrogens with one attached hydrogen (secondary N) is 1. The Hall–Kier alpha value is -0.730. The average molecular weight is 278 g/mol. The highest BCUT2D eigenvalue weighted by atomic mass is 32.2. The second-order valence-corrected chi connectivity index (χ2v) is 6.83. The van der Waals surface area contributed by atoms with Gasteiger partial charge in [-0.25, -0.2) is 12.7 Å². The zero-order valence-electron chi connectivity index (χ0n) is 10.3. The molecule has 0 unspecified atom stereocenters. The van der Waals surface area contributed by atoms with E-state index in [-0.39, 0.29) is 0 Å². The lowest BCUT2D eigenvalue weighted by atomic mass is 10.4. The molecule has 17 heavy (non-hydrogen) atoms. The lowest BCUT2D eigenvalue weighted by Crippen LogP contribution is -2.31. The van der Waals surface area contributed by atoms with Gasteiger partial charge in [-0.1, -0.05) is 18.3 Å². The number of aromatic nitrogens is 2. The summed E-state index contributed by atoms with van der Waals surface area (Å²) in [5.74, 6) is 0. The van der Waals surface area contributed by atoms with Crippen LogP contribution in [-0.4, -0.2) is 48.8 Å². The molecule has 1 aromatic heterocycles. The van der Waals surface area contributed by atoms with Crippen LogP contribution in [0.25, 0.3) is 0 Å². The molecule has 0 saturated heterocycles. The number of anilines is 1. The van der Waals surface area contributed by atoms with E-state index in [2.05, 4.69) is 15.5 Å². The van der Waals surface area contributed by atoms with E-state index in [9.17, 15) is 8.42 Å². The molecule has 0 bridgehead atoms. The number of sulfonamides is 1. The molecule has 0 spiro atoms. The number of hydrogen-bond acceptors (Lipinski definition) is 6. The van der Waals surface area contributed by atoms with Crippen LogP contribution in [0.4, 0.5) is 5.13 Å². The Balaban J connectivity index is 2.28. The fourth-order valence-corrected chi connectivity index (χ4v) is 2.92. The van der Waals surface area contributed by atoms with Gasteiger partial charge in [-0.2, -0.15) is 0 Å². The van der Waals surface area contributed by atoms with E-state index < -0.39 is 10.0 Å². The molecule has 0 amide bonds. The Morgan fingerprint density at radius 3 is 2.59 bits per heavy atom. The van der Waals surface area contributed by atoms with Crippen LogP contribution < -0.4 is 5.32 Å². The minimum atomic E-state index is -3.08. The molecule has 1 aromatic rings. The number of rotatable bonds is 7. The second kappa shape index (κ2) is 6.27. The molecule has 0 aliphatic heterocycles. The van der Waals surface area contributed by atoms with Crippen LogP contribution in [-0.2, 0) is 10.0 Å². The molecular weight excluding hydrogens is 260 g/mol. The van der Waals surface area contributed by atoms with Gasteiger partial charge in [-0.3, -0.25) is 0 Å². The van der Waals surface area contributed by atoms with Crippen molar-refractivity contribution in [3.8, 4) is 0 Å². The van der Waals surface area contributed by atoms with Gasteiger partial charge in [0.2, 0.25) is 15.2 Å². The van der Waals surface area contributed by atoms with E-state index in [1.165, 1.54) is 21.9 Å². The molecule has 8 heteroatoms. The molecule has 0 aliphatic rings. The molecule has 0 aromatic carbocycles. The molecule has 6 nitrogen and oxygen atoms in total. The van der Waals surface area contributed by atoms with Crippen LogP contribution in [0.1, 0.15) is 18.4 Å². The fraction of sp³-hybridized carbons (Fsp3) is 0.778. The summed E-state index contributed by atoms with van der Waals surface area (Å²) in [7, 11) is -3.08. The molecule has 1 N–H and O–H groups in total. The monoisotopic (exact) mass is 278 g/mol. The van der Waals surface area contributed by atoms with Crippen LogP contribution in [0.3, 0.4) is 0 Å². The van der Waals surface area contributed by atoms with Gasteiger partial charge < -0.3 is 5.32 Å². The van der Waals surface area contributed by atoms with E-state index >= 15 is 0 Å². The molecule has 0 atom stereocenters. The summed E-state index contributed by atoms with van der Waals surface area (Å²) in [6, 6.07) is 0. The van der Waals surface area contributed by atoms with Gasteiger partial charge in [0.15, 0.2) is 0 Å². The van der Waals surface area contributed by atoms with Crippen molar-refractivity contribution in [2.75, 3.05) is 31.2 Å². The second-order valence-electron chi connectivity index (χ2n) is 3.66. The van der Waals surface area contributed by atoms with Gasteiger partial charge in [0, 0.05) is 19.6 Å². The van der Waals surface area contributed by atoms with Crippen LogP contribution in [0, 0.1) is 6.92 Å². The van der Waals surface area contributed by atoms with Gasteiger partial charge >= 0.3 is 0 Å². The Kier molecular flexibility index (Phi) is 5.29. The summed E-state index contributed by atoms with van der Waals surface area (Å²) in [6.45, 7) is 5.46. The summed E-state index contributed by atoms with van der Waals surface area (Å²) in [4.78, 5) is 0. The minimum Gasteiger partial charge on any atom is -0.360 e. The minimum absolute atomic E-state index is 0.511. The van der Waals surface area contributed by atoms with E-state index in [4.69, 9.17) is 0 Å². The summed E-state index contributed by atoms with van der Waals surface area (Å²) >= 11 is 1.49. The van der Waals surface area contributed by atoms with Crippen LogP contribution in [0.2, 0.25) is 0 Å². The highest BCUT2D eigenvalue weighted by Crippen LogP contribution is 2.13. The van der Waals surface area contributed by atoms with E-state index in [0.717, 1.165) is 16.6 Å². The Morgan fingerprint density at radius 1 is 1.41 bits per heavy atom. The van der Waals surface area contributed by atoms with E-state index in [1.54, 1.807) is 0 Å². The van der Waals surface area contributed by atoms with Crippen molar-refractivity contribution in [1.29, 1.82) is 0 Å². The highest BCUT2D eigenvalue weighted by molar-refractivity contribution is 7.88. The van der Waals surface area contributed by atoms with Crippen LogP contribution in [0.5, 0.6) is 0 Å². The summed E-state index contributed by atoms with van der Waals surface area (Å²) in [5.41, 5.74) is 0. The summed E-state index contributed by atoms with van der Waals surface area (Å²) < 4.78 is 24.1. The van der Waals surface area contributed by atoms with Gasteiger partial charge in [0.1, 0.15) is 5.01 Å². The van der Waals surface area contributed by atoms with Gasteiger partial charge in [0.05, 0.1) is 6.26 Å². The number of hydrogen-bond donors (Lipinski definition) is 1. The van der Waals surface area contributed by atoms with Crippen molar-refractivity contribution in [1.82, 2.24) is 14.5 Å². The van der Waals surface area contributed by atoms with Crippen molar-refractivity contribution in [2.24, 2.45) is 0 Å². The fourth-order valence-electron chi connectivity index (χ4n) is 1.38. The molecule has 98 valence electrons. The molecule has 1 rings (SSSR count). The Morgan fingerprint density at radius 2 is 2.12 bits per heavy atom. The largest absolute Gasteiger partial charge is 0.360 e. The summed E-state index contributed by atoms with van der Waals surface area (Å²) in [5, 5.41) is 12.6. The standard InChI is InChI=1S/C9H18N4O2S2/c1-4-13(17(3,14)15)7-5-6-10-9-12-11-8(2)16-9/h4-7H2,1-3H3,(H,10,12). The van der Waals surface area contributed by atoms with Crippen molar-refractivity contribution < 1.29 is 8.42 Å². The van der Waals surface area contributed by atoms with Crippen molar-refractivity contribution >= 4 is 26.5 Å². The Labute approximate surface area is 106 Å². The predicted octanol–water partition coefficient (Wildman–Crippen LogP) is 0.930. The SMILES string of the molecule is CCN(CCCNc1nnc(C)s1)S(C)(=O)=O. The molecule has 0 radical (unpaired) electrons. The maximum absolute atomic E-state index is 11.3. The third-order valence-electron chi connectivity index (χ3n) is 2.21. The molecule has 0 saturated carbocycles. The predicted molar refractivity (Wildman–Crippen MR) is 69.8 cm³/mol. The quantitative estimate of drug-likeness (QED) is 0.751. The lowest BCUT2D eigenvalue weighted by Gasteiger charge is -2.17. The normalized spacial score (nSPS) is 12.0. The first-order valence-electron chi connectivity index (χ1n) is 5.42. The van der Waals surface area contributed by atoms with Crippen LogP contribution >= 0.6 is 11.3 Å². The first-order chi connectivity index (χ1) is 7.93. The maximum Gasteiger partial charge on any atom is 0.211 e. The van der Waals surface area contributed by atoms with Crippen molar-refractivity contribution in [2.45, 2.75) is 20.3 Å². The van der Waals surface area contributed by atoms with Gasteiger partial charge in [0.25, 0.3) is 0 Å². The van der Waals surface area contributed by atoms with Crippen molar-refractivity contribution in [3.05, 3.63) is 5.01 Å². The first-order valence-corrected chi connectivity index (χ1v) is 8.09. The molecular formula is C9H18N4O2S2. The molecule has 0 aliphatic carbocycles. The number of aryl methyl sites for hydroxylation is 1. The van der Waals surface area contributed by atoms with Crippen molar-refractivity contribution in [3.63, 3.8) is 0 Å². The molecule has 0 fully saturated rings. The third kappa shape index (κ3) is 4.97. The topological polar surface area (TPSA) is 75.2 Å². The smallest absolute Gasteiger partial charge is 0.211 e. The zero-order valence-corrected chi connectivity index (χ0v) is 11.9. The highest BCUT2D eigenvalue weighted by Gasteiger charge is 2.13. The zero-order chi connectivity index (χ0) is 12.9. The van der Waals surface area contributed by atoms with Gasteiger partial charge in [-0.05, 0) is 13.3 Å². The van der Waals surface area contributed by atoms with Crippen LogP contribution in [0.15, 0.2) is 0 Å². The summed E-state index contributed by atoms with van der Waals surface area (Å²) in [6.07, 6.45) is 1.98. The number of nitrogens with zero attached hydrogens (tertiary/aromatic N) is 3. The average Bonchev–Trinajstić information content (AvgIpc) is 2.62. The first kappa shape index (κ1) is 14.3. The van der Waals surface area contributed by atoms with E-state index in [1.807, 2.05) is 13.8 Å². The Bertz CT molecular complexity index is 444. The lowest BCUT2D eigenvalue weighted by molar-refractivity contribution is 0.428.